The summed E-state index contributed by atoms with van der Waals surface area (Å²) >= 11 is 5.82. The van der Waals surface area contributed by atoms with Gasteiger partial charge < -0.3 is 10.1 Å². The van der Waals surface area contributed by atoms with Crippen LogP contribution < -0.4 is 10.1 Å². The topological polar surface area (TPSA) is 47.0 Å². The van der Waals surface area contributed by atoms with Gasteiger partial charge in [-0.15, -0.1) is 11.6 Å². The van der Waals surface area contributed by atoms with Crippen molar-refractivity contribution in [1.29, 1.82) is 0 Å². The Kier molecular flexibility index (Phi) is 4.58. The van der Waals surface area contributed by atoms with Gasteiger partial charge in [-0.2, -0.15) is 4.98 Å². The highest BCUT2D eigenvalue weighted by Gasteiger charge is 2.02. The molecule has 0 unspecified atom stereocenters. The molecule has 1 N–H and O–H groups in total. The molecule has 5 heteroatoms. The van der Waals surface area contributed by atoms with Crippen LogP contribution in [0.2, 0.25) is 0 Å². The molecule has 0 bridgehead atoms. The standard InChI is InChI=1S/C14H16ClN3O/c1-10-17-13(7-14(18-10)19-2)16-9-12-5-3-4-11(6-12)8-15/h3-7H,8-9H2,1-2H3,(H,16,17,18). The number of anilines is 1. The fourth-order valence-corrected chi connectivity index (χ4v) is 1.92. The van der Waals surface area contributed by atoms with E-state index in [2.05, 4.69) is 21.4 Å². The lowest BCUT2D eigenvalue weighted by Gasteiger charge is -2.08. The largest absolute Gasteiger partial charge is 0.481 e. The van der Waals surface area contributed by atoms with Crippen LogP contribution in [-0.4, -0.2) is 17.1 Å². The molecule has 0 saturated carbocycles. The first kappa shape index (κ1) is 13.6. The maximum Gasteiger partial charge on any atom is 0.218 e. The van der Waals surface area contributed by atoms with E-state index in [0.29, 0.717) is 24.1 Å². The zero-order valence-corrected chi connectivity index (χ0v) is 11.7. The molecule has 0 fully saturated rings. The van der Waals surface area contributed by atoms with Crippen LogP contribution in [0.25, 0.3) is 0 Å². The van der Waals surface area contributed by atoms with Crippen LogP contribution in [0.15, 0.2) is 30.3 Å². The van der Waals surface area contributed by atoms with Gasteiger partial charge in [0.1, 0.15) is 11.6 Å². The lowest BCUT2D eigenvalue weighted by atomic mass is 10.1. The number of alkyl halides is 1. The van der Waals surface area contributed by atoms with Gasteiger partial charge in [-0.1, -0.05) is 24.3 Å². The molecular formula is C14H16ClN3O. The fourth-order valence-electron chi connectivity index (χ4n) is 1.75. The van der Waals surface area contributed by atoms with Crippen molar-refractivity contribution in [3.8, 4) is 5.88 Å². The van der Waals surface area contributed by atoms with Crippen molar-refractivity contribution < 1.29 is 4.74 Å². The third-order valence-electron chi connectivity index (χ3n) is 2.64. The average Bonchev–Trinajstić information content (AvgIpc) is 2.44. The summed E-state index contributed by atoms with van der Waals surface area (Å²) < 4.78 is 5.12. The van der Waals surface area contributed by atoms with Gasteiger partial charge in [0.25, 0.3) is 0 Å². The van der Waals surface area contributed by atoms with E-state index in [1.54, 1.807) is 13.2 Å². The van der Waals surface area contributed by atoms with Crippen molar-refractivity contribution in [2.75, 3.05) is 12.4 Å². The molecule has 0 aliphatic carbocycles. The number of rotatable bonds is 5. The number of ether oxygens (including phenoxy) is 1. The molecule has 0 saturated heterocycles. The van der Waals surface area contributed by atoms with E-state index in [9.17, 15) is 0 Å². The Morgan fingerprint density at radius 1 is 1.21 bits per heavy atom. The van der Waals surface area contributed by atoms with E-state index in [4.69, 9.17) is 16.3 Å². The van der Waals surface area contributed by atoms with Crippen molar-refractivity contribution in [2.24, 2.45) is 0 Å². The molecule has 2 rings (SSSR count). The van der Waals surface area contributed by atoms with Crippen LogP contribution in [-0.2, 0) is 12.4 Å². The minimum Gasteiger partial charge on any atom is -0.481 e. The number of aryl methyl sites for hydroxylation is 1. The zero-order chi connectivity index (χ0) is 13.7. The molecule has 0 aliphatic heterocycles. The van der Waals surface area contributed by atoms with E-state index in [-0.39, 0.29) is 0 Å². The minimum absolute atomic E-state index is 0.522. The van der Waals surface area contributed by atoms with Gasteiger partial charge in [-0.3, -0.25) is 0 Å². The smallest absolute Gasteiger partial charge is 0.218 e. The van der Waals surface area contributed by atoms with E-state index >= 15 is 0 Å². The molecule has 100 valence electrons. The molecule has 0 amide bonds. The van der Waals surface area contributed by atoms with Crippen molar-refractivity contribution in [1.82, 2.24) is 9.97 Å². The highest BCUT2D eigenvalue weighted by molar-refractivity contribution is 6.17. The molecule has 2 aromatic rings. The lowest BCUT2D eigenvalue weighted by Crippen LogP contribution is -2.04. The molecule has 1 aromatic heterocycles. The molecule has 0 radical (unpaired) electrons. The quantitative estimate of drug-likeness (QED) is 0.853. The highest BCUT2D eigenvalue weighted by atomic mass is 35.5. The Morgan fingerprint density at radius 3 is 2.74 bits per heavy atom. The summed E-state index contributed by atoms with van der Waals surface area (Å²) in [5.41, 5.74) is 2.27. The number of nitrogens with zero attached hydrogens (tertiary/aromatic N) is 2. The van der Waals surface area contributed by atoms with Crippen LogP contribution in [0.5, 0.6) is 5.88 Å². The van der Waals surface area contributed by atoms with Crippen molar-refractivity contribution in [3.05, 3.63) is 47.3 Å². The predicted molar refractivity (Wildman–Crippen MR) is 76.6 cm³/mol. The van der Waals surface area contributed by atoms with Gasteiger partial charge in [0.2, 0.25) is 5.88 Å². The summed E-state index contributed by atoms with van der Waals surface area (Å²) in [6.45, 7) is 2.52. The van der Waals surface area contributed by atoms with E-state index in [1.165, 1.54) is 0 Å². The summed E-state index contributed by atoms with van der Waals surface area (Å²) in [5, 5.41) is 3.25. The lowest BCUT2D eigenvalue weighted by molar-refractivity contribution is 0.396. The minimum atomic E-state index is 0.522. The SMILES string of the molecule is COc1cc(NCc2cccc(CCl)c2)nc(C)n1. The second kappa shape index (κ2) is 6.38. The normalized spacial score (nSPS) is 10.3. The third-order valence-corrected chi connectivity index (χ3v) is 2.95. The Hall–Kier alpha value is -1.81. The van der Waals surface area contributed by atoms with Crippen LogP contribution in [0.3, 0.4) is 0 Å². The molecular weight excluding hydrogens is 262 g/mol. The predicted octanol–water partition coefficient (Wildman–Crippen LogP) is 3.14. The zero-order valence-electron chi connectivity index (χ0n) is 11.0. The van der Waals surface area contributed by atoms with Crippen LogP contribution in [0.1, 0.15) is 17.0 Å². The van der Waals surface area contributed by atoms with Gasteiger partial charge in [-0.25, -0.2) is 4.98 Å². The summed E-state index contributed by atoms with van der Waals surface area (Å²) in [5.74, 6) is 2.51. The van der Waals surface area contributed by atoms with Gasteiger partial charge in [0, 0.05) is 18.5 Å². The molecule has 0 aliphatic rings. The molecule has 0 atom stereocenters. The van der Waals surface area contributed by atoms with Crippen LogP contribution >= 0.6 is 11.6 Å². The van der Waals surface area contributed by atoms with Gasteiger partial charge >= 0.3 is 0 Å². The second-order valence-electron chi connectivity index (χ2n) is 4.15. The monoisotopic (exact) mass is 277 g/mol. The maximum atomic E-state index is 5.82. The van der Waals surface area contributed by atoms with E-state index < -0.39 is 0 Å². The molecule has 4 nitrogen and oxygen atoms in total. The third kappa shape index (κ3) is 3.83. The number of benzene rings is 1. The first-order valence-electron chi connectivity index (χ1n) is 5.98. The number of nitrogens with one attached hydrogen (secondary N) is 1. The van der Waals surface area contributed by atoms with Crippen molar-refractivity contribution in [3.63, 3.8) is 0 Å². The molecule has 1 heterocycles. The number of hydrogen-bond donors (Lipinski definition) is 1. The number of methoxy groups -OCH3 is 1. The van der Waals surface area contributed by atoms with Crippen LogP contribution in [0, 0.1) is 6.92 Å². The average molecular weight is 278 g/mol. The summed E-state index contributed by atoms with van der Waals surface area (Å²) in [6, 6.07) is 9.91. The molecule has 19 heavy (non-hydrogen) atoms. The number of hydrogen-bond acceptors (Lipinski definition) is 4. The highest BCUT2D eigenvalue weighted by Crippen LogP contribution is 2.14. The molecule has 1 aromatic carbocycles. The van der Waals surface area contributed by atoms with Crippen molar-refractivity contribution in [2.45, 2.75) is 19.3 Å². The fraction of sp³-hybridized carbons (Fsp3) is 0.286. The number of aromatic nitrogens is 2. The van der Waals surface area contributed by atoms with E-state index in [1.807, 2.05) is 25.1 Å². The van der Waals surface area contributed by atoms with Gasteiger partial charge in [0.15, 0.2) is 0 Å². The Bertz CT molecular complexity index is 560. The Morgan fingerprint density at radius 2 is 2.00 bits per heavy atom. The van der Waals surface area contributed by atoms with Crippen molar-refractivity contribution >= 4 is 17.4 Å². The first-order chi connectivity index (χ1) is 9.21. The molecule has 0 spiro atoms. The summed E-state index contributed by atoms with van der Waals surface area (Å²) in [7, 11) is 1.59. The van der Waals surface area contributed by atoms with Gasteiger partial charge in [-0.05, 0) is 18.1 Å². The summed E-state index contributed by atoms with van der Waals surface area (Å²) in [6.07, 6.45) is 0. The summed E-state index contributed by atoms with van der Waals surface area (Å²) in [4.78, 5) is 8.46. The van der Waals surface area contributed by atoms with E-state index in [0.717, 1.165) is 16.9 Å². The second-order valence-corrected chi connectivity index (χ2v) is 4.42. The first-order valence-corrected chi connectivity index (χ1v) is 6.52. The Labute approximate surface area is 117 Å². The Balaban J connectivity index is 2.07. The van der Waals surface area contributed by atoms with Crippen LogP contribution in [0.4, 0.5) is 5.82 Å². The van der Waals surface area contributed by atoms with Gasteiger partial charge in [0.05, 0.1) is 7.11 Å². The maximum absolute atomic E-state index is 5.82. The number of halogens is 1.